The molecule has 2 aliphatic heterocycles. The average molecular weight is 731 g/mol. The number of H-pyrrole nitrogens is 2. The molecule has 4 N–H and O–H groups in total. The largest absolute Gasteiger partial charge is 0.354 e. The highest BCUT2D eigenvalue weighted by Gasteiger charge is 2.36. The molecule has 55 heavy (non-hydrogen) atoms. The minimum atomic E-state index is -0.393. The maximum atomic E-state index is 13.7. The highest BCUT2D eigenvalue weighted by molar-refractivity contribution is 5.84. The third-order valence-corrected chi connectivity index (χ3v) is 11.1. The van der Waals surface area contributed by atoms with Crippen LogP contribution < -0.4 is 10.6 Å². The molecule has 0 radical (unpaired) electrons. The van der Waals surface area contributed by atoms with Crippen molar-refractivity contribution in [3.63, 3.8) is 0 Å². The number of likely N-dealkylation sites (N-methyl/N-ethyl adjacent to an activating group) is 2. The zero-order chi connectivity index (χ0) is 37.7. The van der Waals surface area contributed by atoms with E-state index in [1.165, 1.54) is 0 Å². The molecule has 4 aromatic carbocycles. The molecule has 0 saturated carbocycles. The normalized spacial score (nSPS) is 17.9. The van der Waals surface area contributed by atoms with E-state index in [-0.39, 0.29) is 24.0 Å². The van der Waals surface area contributed by atoms with Crippen LogP contribution in [0.4, 0.5) is 0 Å². The van der Waals surface area contributed by atoms with Gasteiger partial charge in [-0.2, -0.15) is 0 Å². The van der Waals surface area contributed by atoms with Crippen molar-refractivity contribution in [2.45, 2.75) is 49.9 Å². The van der Waals surface area contributed by atoms with Crippen molar-refractivity contribution in [2.24, 2.45) is 0 Å². The summed E-state index contributed by atoms with van der Waals surface area (Å²) in [5.41, 5.74) is 8.76. The summed E-state index contributed by atoms with van der Waals surface area (Å²) in [7, 11) is 3.71. The molecule has 0 bridgehead atoms. The summed E-state index contributed by atoms with van der Waals surface area (Å²) in [6, 6.07) is 36.1. The van der Waals surface area contributed by atoms with Gasteiger partial charge in [0.1, 0.15) is 29.3 Å². The van der Waals surface area contributed by atoms with Gasteiger partial charge >= 0.3 is 0 Å². The van der Waals surface area contributed by atoms with Gasteiger partial charge in [0.2, 0.25) is 5.91 Å². The van der Waals surface area contributed by atoms with Gasteiger partial charge in [0.15, 0.2) is 0 Å². The van der Waals surface area contributed by atoms with Gasteiger partial charge in [0.25, 0.3) is 0 Å². The van der Waals surface area contributed by atoms with E-state index in [2.05, 4.69) is 80.0 Å². The Morgan fingerprint density at radius 2 is 1.07 bits per heavy atom. The lowest BCUT2D eigenvalue weighted by atomic mass is 10.0. The topological polar surface area (TPSA) is 122 Å². The third kappa shape index (κ3) is 7.27. The van der Waals surface area contributed by atoms with E-state index in [4.69, 9.17) is 9.97 Å². The Balaban J connectivity index is 0.933. The first-order chi connectivity index (χ1) is 27.1. The van der Waals surface area contributed by atoms with E-state index in [1.54, 1.807) is 0 Å². The highest BCUT2D eigenvalue weighted by atomic mass is 16.2. The van der Waals surface area contributed by atoms with Crippen LogP contribution in [-0.2, 0) is 9.59 Å². The van der Waals surface area contributed by atoms with Gasteiger partial charge in [-0.3, -0.25) is 4.79 Å². The summed E-state index contributed by atoms with van der Waals surface area (Å²) in [4.78, 5) is 46.8. The number of rotatable bonds is 12. The maximum Gasteiger partial charge on any atom is 0.244 e. The number of hydrogen-bond acceptors (Lipinski definition) is 7. The predicted molar refractivity (Wildman–Crippen MR) is 215 cm³/mol. The minimum absolute atomic E-state index is 0.0292. The number of aromatic nitrogens is 4. The molecule has 4 heterocycles. The summed E-state index contributed by atoms with van der Waals surface area (Å²) < 4.78 is 0. The van der Waals surface area contributed by atoms with Gasteiger partial charge < -0.3 is 30.4 Å². The molecule has 2 aliphatic rings. The number of carbonyl (C=O) groups is 1. The molecule has 8 rings (SSSR count). The highest BCUT2D eigenvalue weighted by Crippen LogP contribution is 2.38. The van der Waals surface area contributed by atoms with Crippen LogP contribution in [0.1, 0.15) is 72.6 Å². The van der Waals surface area contributed by atoms with Crippen molar-refractivity contribution in [3.05, 3.63) is 150 Å². The summed E-state index contributed by atoms with van der Waals surface area (Å²) in [5.74, 6) is 4.01. The van der Waals surface area contributed by atoms with Crippen molar-refractivity contribution in [2.75, 3.05) is 27.2 Å². The van der Waals surface area contributed by atoms with E-state index in [1.807, 2.05) is 92.1 Å². The Bertz CT molecular complexity index is 2260. The monoisotopic (exact) mass is 730 g/mol. The number of aromatic amines is 2. The number of hydrogen-bond donors (Lipinski definition) is 4. The molecule has 0 spiro atoms. The molecule has 10 heteroatoms. The van der Waals surface area contributed by atoms with Crippen LogP contribution in [0.25, 0.3) is 33.6 Å². The average Bonchev–Trinajstić information content (AvgIpc) is 4.08. The van der Waals surface area contributed by atoms with Crippen molar-refractivity contribution in [1.29, 1.82) is 0 Å². The van der Waals surface area contributed by atoms with Crippen LogP contribution in [0.5, 0.6) is 0 Å². The second kappa shape index (κ2) is 16.1. The molecule has 1 amide bonds. The number of amides is 1. The Kier molecular flexibility index (Phi) is 10.5. The Morgan fingerprint density at radius 3 is 1.55 bits per heavy atom. The maximum absolute atomic E-state index is 13.7. The number of benzene rings is 4. The quantitative estimate of drug-likeness (QED) is 0.0959. The first-order valence-electron chi connectivity index (χ1n) is 19.1. The molecule has 2 saturated heterocycles. The molecular formula is C45H46N8O2. The molecule has 0 aliphatic carbocycles. The molecule has 0 unspecified atom stereocenters. The van der Waals surface area contributed by atoms with Crippen molar-refractivity contribution in [1.82, 2.24) is 40.4 Å². The molecule has 6 aromatic rings. The van der Waals surface area contributed by atoms with Crippen LogP contribution in [0.3, 0.4) is 0 Å². The summed E-state index contributed by atoms with van der Waals surface area (Å²) in [6.45, 7) is 1.49. The summed E-state index contributed by atoms with van der Waals surface area (Å²) in [6.07, 6.45) is 7.45. The lowest BCUT2D eigenvalue weighted by Crippen LogP contribution is -2.39. The summed E-state index contributed by atoms with van der Waals surface area (Å²) >= 11 is 0. The smallest absolute Gasteiger partial charge is 0.244 e. The second-order valence-electron chi connectivity index (χ2n) is 14.3. The Labute approximate surface area is 321 Å². The Morgan fingerprint density at radius 1 is 0.636 bits per heavy atom. The van der Waals surface area contributed by atoms with E-state index in [9.17, 15) is 9.59 Å². The molecule has 4 atom stereocenters. The van der Waals surface area contributed by atoms with Crippen molar-refractivity contribution < 1.29 is 9.59 Å². The van der Waals surface area contributed by atoms with Crippen molar-refractivity contribution in [3.8, 4) is 33.6 Å². The first-order valence-corrected chi connectivity index (χ1v) is 19.1. The third-order valence-electron chi connectivity index (χ3n) is 11.1. The molecular weight excluding hydrogens is 685 g/mol. The van der Waals surface area contributed by atoms with Crippen LogP contribution in [0, 0.1) is 0 Å². The number of carbonyl (C=O) groups excluding carboxylic acids is 2. The fourth-order valence-corrected chi connectivity index (χ4v) is 8.28. The van der Waals surface area contributed by atoms with Gasteiger partial charge in [0.05, 0.1) is 41.9 Å². The number of imidazole rings is 2. The first kappa shape index (κ1) is 35.9. The summed E-state index contributed by atoms with van der Waals surface area (Å²) in [5, 5.41) is 6.53. The zero-order valence-corrected chi connectivity index (χ0v) is 31.2. The number of nitrogens with one attached hydrogen (secondary N) is 4. The van der Waals surface area contributed by atoms with Crippen LogP contribution in [0.2, 0.25) is 0 Å². The fourth-order valence-electron chi connectivity index (χ4n) is 8.28. The molecule has 2 fully saturated rings. The van der Waals surface area contributed by atoms with Crippen LogP contribution in [0.15, 0.2) is 127 Å². The lowest BCUT2D eigenvalue weighted by Gasteiger charge is -2.30. The number of nitrogens with zero attached hydrogens (tertiary/aromatic N) is 4. The van der Waals surface area contributed by atoms with E-state index >= 15 is 0 Å². The van der Waals surface area contributed by atoms with Gasteiger partial charge in [-0.05, 0) is 73.2 Å². The van der Waals surface area contributed by atoms with E-state index < -0.39 is 6.04 Å². The van der Waals surface area contributed by atoms with E-state index in [0.717, 1.165) is 88.6 Å². The zero-order valence-electron chi connectivity index (χ0n) is 31.2. The SMILES string of the molecule is CN[C@@H](C(=O)N1CCC[C@H]1c1ncc(-c2ccc(-c3ccc(-c4cnc([C@@H]5CCCN5C(=C=O)[C@H](NC)c5ccccc5)[nH]4)cc3)cc2)[nH]1)c1ccccc1. The van der Waals surface area contributed by atoms with Gasteiger partial charge in [0, 0.05) is 13.1 Å². The predicted octanol–water partition coefficient (Wildman–Crippen LogP) is 7.57. The van der Waals surface area contributed by atoms with Crippen LogP contribution >= 0.6 is 0 Å². The number of likely N-dealkylation sites (tertiary alicyclic amines) is 2. The Hall–Kier alpha value is -6.06. The van der Waals surface area contributed by atoms with Crippen LogP contribution in [-0.4, -0.2) is 68.8 Å². The van der Waals surface area contributed by atoms with Gasteiger partial charge in [-0.1, -0.05) is 109 Å². The lowest BCUT2D eigenvalue weighted by molar-refractivity contribution is -0.134. The molecule has 278 valence electrons. The minimum Gasteiger partial charge on any atom is -0.354 e. The van der Waals surface area contributed by atoms with Gasteiger partial charge in [-0.15, -0.1) is 0 Å². The molecule has 2 aromatic heterocycles. The molecule has 10 nitrogen and oxygen atoms in total. The fraction of sp³-hybridized carbons (Fsp3) is 0.267. The van der Waals surface area contributed by atoms with Gasteiger partial charge in [-0.25, -0.2) is 14.8 Å². The van der Waals surface area contributed by atoms with E-state index in [0.29, 0.717) is 12.2 Å². The van der Waals surface area contributed by atoms with Crippen molar-refractivity contribution >= 4 is 11.8 Å². The standard InChI is InChI=1S/C45H46N8O2/c1-46-41(34-11-5-3-6-12-34)40(29-54)52-25-9-15-38(52)43-48-27-36(50-43)32-21-17-30(18-22-32)31-19-23-33(24-20-31)37-28-49-44(51-37)39-16-10-26-53(39)45(55)42(47-2)35-13-7-4-8-14-35/h3-8,11-14,17-24,27-28,38-39,41-42,46-47H,9-10,15-16,25-26H2,1-2H3,(H,48,50)(H,49,51)/t38-,39-,41+,42+/m0/s1. The second-order valence-corrected chi connectivity index (χ2v) is 14.3.